The van der Waals surface area contributed by atoms with Crippen LogP contribution in [-0.2, 0) is 14.3 Å². The van der Waals surface area contributed by atoms with Crippen LogP contribution in [0.2, 0.25) is 0 Å². The highest BCUT2D eigenvalue weighted by atomic mass is 16.6. The number of allylic oxidation sites excluding steroid dienone is 10. The number of hydrogen-bond acceptors (Lipinski definition) is 3. The van der Waals surface area contributed by atoms with Crippen molar-refractivity contribution in [1.29, 1.82) is 0 Å². The molecule has 0 radical (unpaired) electrons. The van der Waals surface area contributed by atoms with Crippen molar-refractivity contribution in [3.05, 3.63) is 60.8 Å². The van der Waals surface area contributed by atoms with Gasteiger partial charge in [-0.25, -0.2) is 0 Å². The van der Waals surface area contributed by atoms with Gasteiger partial charge in [0, 0.05) is 13.5 Å². The second-order valence-corrected chi connectivity index (χ2v) is 6.52. The second-order valence-electron chi connectivity index (χ2n) is 6.52. The third kappa shape index (κ3) is 22.2. The van der Waals surface area contributed by atoms with Gasteiger partial charge in [-0.05, 0) is 51.4 Å². The first-order valence-corrected chi connectivity index (χ1v) is 10.7. The van der Waals surface area contributed by atoms with Crippen LogP contribution in [0.3, 0.4) is 0 Å². The summed E-state index contributed by atoms with van der Waals surface area (Å²) >= 11 is 0. The van der Waals surface area contributed by atoms with E-state index in [9.17, 15) is 4.79 Å². The first-order valence-electron chi connectivity index (χ1n) is 10.7. The van der Waals surface area contributed by atoms with Crippen LogP contribution in [0.15, 0.2) is 60.8 Å². The fourth-order valence-electron chi connectivity index (χ4n) is 2.39. The maximum atomic E-state index is 11.4. The Hall–Kier alpha value is -1.87. The van der Waals surface area contributed by atoms with Crippen molar-refractivity contribution in [2.75, 3.05) is 20.3 Å². The van der Waals surface area contributed by atoms with E-state index < -0.39 is 0 Å². The highest BCUT2D eigenvalue weighted by Crippen LogP contribution is 2.05. The van der Waals surface area contributed by atoms with Crippen molar-refractivity contribution in [1.82, 2.24) is 0 Å². The van der Waals surface area contributed by atoms with Crippen LogP contribution >= 0.6 is 0 Å². The lowest BCUT2D eigenvalue weighted by molar-refractivity contribution is -0.145. The Balaban J connectivity index is 3.43. The molecule has 0 aliphatic carbocycles. The molecule has 0 spiro atoms. The van der Waals surface area contributed by atoms with Crippen LogP contribution in [0.4, 0.5) is 0 Å². The van der Waals surface area contributed by atoms with Gasteiger partial charge in [0.15, 0.2) is 0 Å². The van der Waals surface area contributed by atoms with Gasteiger partial charge in [0.2, 0.25) is 0 Å². The molecule has 0 heterocycles. The Morgan fingerprint density at radius 2 is 1.21 bits per heavy atom. The van der Waals surface area contributed by atoms with Gasteiger partial charge in [0.25, 0.3) is 0 Å². The Morgan fingerprint density at radius 1 is 0.679 bits per heavy atom. The molecule has 0 fully saturated rings. The van der Waals surface area contributed by atoms with Crippen LogP contribution in [-0.4, -0.2) is 26.3 Å². The van der Waals surface area contributed by atoms with Gasteiger partial charge in [-0.1, -0.05) is 74.1 Å². The summed E-state index contributed by atoms with van der Waals surface area (Å²) in [5, 5.41) is 0. The first kappa shape index (κ1) is 26.1. The molecule has 3 nitrogen and oxygen atoms in total. The third-order valence-corrected chi connectivity index (χ3v) is 3.96. The van der Waals surface area contributed by atoms with E-state index >= 15 is 0 Å². The maximum absolute atomic E-state index is 11.4. The van der Waals surface area contributed by atoms with Gasteiger partial charge in [-0.15, -0.1) is 0 Å². The minimum absolute atomic E-state index is 0.119. The van der Waals surface area contributed by atoms with E-state index in [1.165, 1.54) is 0 Å². The van der Waals surface area contributed by atoms with E-state index in [-0.39, 0.29) is 5.97 Å². The van der Waals surface area contributed by atoms with E-state index in [1.807, 2.05) is 0 Å². The number of ether oxygens (including phenoxy) is 2. The van der Waals surface area contributed by atoms with Gasteiger partial charge in [-0.3, -0.25) is 4.79 Å². The molecule has 0 amide bonds. The maximum Gasteiger partial charge on any atom is 0.305 e. The average molecular weight is 389 g/mol. The predicted octanol–water partition coefficient (Wildman–Crippen LogP) is 6.88. The molecule has 28 heavy (non-hydrogen) atoms. The van der Waals surface area contributed by atoms with Crippen LogP contribution in [0.1, 0.15) is 71.1 Å². The number of methoxy groups -OCH3 is 1. The smallest absolute Gasteiger partial charge is 0.305 e. The minimum atomic E-state index is -0.119. The molecule has 0 saturated heterocycles. The summed E-state index contributed by atoms with van der Waals surface area (Å²) in [4.78, 5) is 11.4. The van der Waals surface area contributed by atoms with Crippen molar-refractivity contribution in [3.8, 4) is 0 Å². The topological polar surface area (TPSA) is 35.5 Å². The molecule has 158 valence electrons. The zero-order valence-electron chi connectivity index (χ0n) is 18.0. The van der Waals surface area contributed by atoms with Crippen molar-refractivity contribution in [2.24, 2.45) is 0 Å². The van der Waals surface area contributed by atoms with Crippen molar-refractivity contribution in [2.45, 2.75) is 71.1 Å². The fourth-order valence-corrected chi connectivity index (χ4v) is 2.39. The Kier molecular flexibility index (Phi) is 21.6. The second kappa shape index (κ2) is 23.2. The number of carbonyl (C=O) groups excluding carboxylic acids is 1. The SMILES string of the molecule is CC/C=C\C/C=C\C/C=C\C/C=C\C/C=C\CCCCCC(=O)OCCOC. The summed E-state index contributed by atoms with van der Waals surface area (Å²) < 4.78 is 9.86. The van der Waals surface area contributed by atoms with E-state index in [1.54, 1.807) is 7.11 Å². The van der Waals surface area contributed by atoms with Crippen molar-refractivity contribution < 1.29 is 14.3 Å². The predicted molar refractivity (Wildman–Crippen MR) is 120 cm³/mol. The Bertz CT molecular complexity index is 484. The molecule has 0 aliphatic heterocycles. The molecule has 0 aromatic carbocycles. The molecule has 0 aromatic rings. The molecule has 0 atom stereocenters. The summed E-state index contributed by atoms with van der Waals surface area (Å²) in [6.07, 6.45) is 32.0. The fraction of sp³-hybridized carbons (Fsp3) is 0.560. The lowest BCUT2D eigenvalue weighted by Gasteiger charge is -2.03. The van der Waals surface area contributed by atoms with E-state index in [0.717, 1.165) is 57.8 Å². The normalized spacial score (nSPS) is 12.5. The first-order chi connectivity index (χ1) is 13.8. The zero-order valence-corrected chi connectivity index (χ0v) is 18.0. The lowest BCUT2D eigenvalue weighted by atomic mass is 10.1. The van der Waals surface area contributed by atoms with Gasteiger partial charge in [-0.2, -0.15) is 0 Å². The summed E-state index contributed by atoms with van der Waals surface area (Å²) in [6.45, 7) is 2.98. The number of hydrogen-bond donors (Lipinski definition) is 0. The molecule has 3 heteroatoms. The molecule has 0 saturated carbocycles. The quantitative estimate of drug-likeness (QED) is 0.146. The number of unbranched alkanes of at least 4 members (excludes halogenated alkanes) is 3. The van der Waals surface area contributed by atoms with Crippen LogP contribution < -0.4 is 0 Å². The highest BCUT2D eigenvalue weighted by Gasteiger charge is 2.01. The van der Waals surface area contributed by atoms with Gasteiger partial charge >= 0.3 is 5.97 Å². The molecule has 0 N–H and O–H groups in total. The van der Waals surface area contributed by atoms with E-state index in [4.69, 9.17) is 9.47 Å². The lowest BCUT2D eigenvalue weighted by Crippen LogP contribution is -2.09. The molecule has 0 bridgehead atoms. The average Bonchev–Trinajstić information content (AvgIpc) is 2.70. The molecule has 0 aliphatic rings. The number of rotatable bonds is 18. The zero-order chi connectivity index (χ0) is 20.5. The summed E-state index contributed by atoms with van der Waals surface area (Å²) in [6, 6.07) is 0. The van der Waals surface area contributed by atoms with Gasteiger partial charge < -0.3 is 9.47 Å². The van der Waals surface area contributed by atoms with Crippen molar-refractivity contribution in [3.63, 3.8) is 0 Å². The monoisotopic (exact) mass is 388 g/mol. The van der Waals surface area contributed by atoms with Gasteiger partial charge in [0.05, 0.1) is 6.61 Å². The van der Waals surface area contributed by atoms with Gasteiger partial charge in [0.1, 0.15) is 6.61 Å². The molecular formula is C25H40O3. The van der Waals surface area contributed by atoms with Crippen LogP contribution in [0.5, 0.6) is 0 Å². The summed E-state index contributed by atoms with van der Waals surface area (Å²) in [5.74, 6) is -0.119. The molecule has 0 rings (SSSR count). The number of esters is 1. The summed E-state index contributed by atoms with van der Waals surface area (Å²) in [5.41, 5.74) is 0. The molecule has 0 unspecified atom stereocenters. The Labute approximate surface area is 172 Å². The number of carbonyl (C=O) groups is 1. The summed E-state index contributed by atoms with van der Waals surface area (Å²) in [7, 11) is 1.60. The highest BCUT2D eigenvalue weighted by molar-refractivity contribution is 5.69. The van der Waals surface area contributed by atoms with Crippen LogP contribution in [0.25, 0.3) is 0 Å². The van der Waals surface area contributed by atoms with E-state index in [0.29, 0.717) is 19.6 Å². The van der Waals surface area contributed by atoms with Crippen molar-refractivity contribution >= 4 is 5.97 Å². The van der Waals surface area contributed by atoms with Crippen LogP contribution in [0, 0.1) is 0 Å². The Morgan fingerprint density at radius 3 is 1.75 bits per heavy atom. The largest absolute Gasteiger partial charge is 0.463 e. The minimum Gasteiger partial charge on any atom is -0.463 e. The molecule has 0 aromatic heterocycles. The standard InChI is InChI=1S/C25H40O3/c1-3-4-5-6-7-8-9-10-11-12-13-14-15-16-17-18-19-20-21-22-25(26)28-24-23-27-2/h4-5,7-8,10-11,13-14,16-17H,3,6,9,12,15,18-24H2,1-2H3/b5-4-,8-7-,11-10-,14-13-,17-16-. The van der Waals surface area contributed by atoms with E-state index in [2.05, 4.69) is 67.7 Å². The molecular weight excluding hydrogens is 348 g/mol. The third-order valence-electron chi connectivity index (χ3n) is 3.96.